The van der Waals surface area contributed by atoms with Gasteiger partial charge in [-0.25, -0.2) is 0 Å². The van der Waals surface area contributed by atoms with Gasteiger partial charge in [-0.3, -0.25) is 4.55 Å². The summed E-state index contributed by atoms with van der Waals surface area (Å²) in [6.07, 6.45) is 0. The van der Waals surface area contributed by atoms with Crippen molar-refractivity contribution in [2.45, 2.75) is 11.4 Å². The average molecular weight is 408 g/mol. The number of benzene rings is 4. The second-order valence-electron chi connectivity index (χ2n) is 6.56. The molecule has 0 saturated carbocycles. The van der Waals surface area contributed by atoms with Crippen LogP contribution < -0.4 is 0 Å². The van der Waals surface area contributed by atoms with Crippen LogP contribution in [0.15, 0.2) is 81.9 Å². The highest BCUT2D eigenvalue weighted by molar-refractivity contribution is 7.85. The summed E-state index contributed by atoms with van der Waals surface area (Å²) < 4.78 is 31.7. The maximum atomic E-state index is 11.3. The van der Waals surface area contributed by atoms with Crippen molar-refractivity contribution in [2.75, 3.05) is 0 Å². The fourth-order valence-electron chi connectivity index (χ4n) is 3.11. The monoisotopic (exact) mass is 408 g/mol. The highest BCUT2D eigenvalue weighted by Gasteiger charge is 2.13. The van der Waals surface area contributed by atoms with Crippen LogP contribution in [0.2, 0.25) is 0 Å². The summed E-state index contributed by atoms with van der Waals surface area (Å²) in [5.41, 5.74) is 1.36. The number of rotatable bonds is 4. The van der Waals surface area contributed by atoms with Crippen LogP contribution in [-0.4, -0.2) is 23.2 Å². The van der Waals surface area contributed by atoms with E-state index in [9.17, 15) is 18.6 Å². The van der Waals surface area contributed by atoms with E-state index in [0.717, 1.165) is 22.4 Å². The summed E-state index contributed by atoms with van der Waals surface area (Å²) >= 11 is 0. The zero-order chi connectivity index (χ0) is 20.6. The van der Waals surface area contributed by atoms with Crippen LogP contribution in [0.5, 0.6) is 11.5 Å². The third-order valence-corrected chi connectivity index (χ3v) is 5.38. The Morgan fingerprint density at radius 3 is 2.34 bits per heavy atom. The fraction of sp³-hybridized carbons (Fsp3) is 0.0476. The first-order chi connectivity index (χ1) is 13.8. The third-order valence-electron chi connectivity index (χ3n) is 4.55. The van der Waals surface area contributed by atoms with Crippen molar-refractivity contribution in [1.82, 2.24) is 0 Å². The van der Waals surface area contributed by atoms with Gasteiger partial charge in [-0.15, -0.1) is 0 Å². The molecule has 0 spiro atoms. The highest BCUT2D eigenvalue weighted by Crippen LogP contribution is 2.32. The highest BCUT2D eigenvalue weighted by atomic mass is 32.2. The van der Waals surface area contributed by atoms with Crippen molar-refractivity contribution in [3.8, 4) is 11.5 Å². The minimum absolute atomic E-state index is 0.204. The zero-order valence-electron chi connectivity index (χ0n) is 15.0. The van der Waals surface area contributed by atoms with Crippen LogP contribution in [0, 0.1) is 0 Å². The number of hydrogen-bond donors (Lipinski definition) is 3. The van der Waals surface area contributed by atoms with Crippen LogP contribution in [0.25, 0.3) is 21.5 Å². The maximum Gasteiger partial charge on any atom is 0.294 e. The topological polar surface area (TPSA) is 120 Å². The third kappa shape index (κ3) is 3.89. The molecule has 0 aliphatic rings. The lowest BCUT2D eigenvalue weighted by molar-refractivity contribution is 0.471. The summed E-state index contributed by atoms with van der Waals surface area (Å²) in [5, 5.41) is 30.9. The molecule has 0 atom stereocenters. The van der Waals surface area contributed by atoms with Gasteiger partial charge >= 0.3 is 0 Å². The number of nitrogens with zero attached hydrogens (tertiary/aromatic N) is 2. The molecule has 0 heterocycles. The first kappa shape index (κ1) is 18.9. The summed E-state index contributed by atoms with van der Waals surface area (Å²) in [6.45, 7) is 0.302. The predicted octanol–water partition coefficient (Wildman–Crippen LogP) is 4.93. The lowest BCUT2D eigenvalue weighted by Crippen LogP contribution is -1.97. The fourth-order valence-corrected chi connectivity index (χ4v) is 3.65. The largest absolute Gasteiger partial charge is 0.507 e. The number of hydrogen-bond acceptors (Lipinski definition) is 6. The molecular formula is C21H16N2O5S. The van der Waals surface area contributed by atoms with Gasteiger partial charge in [-0.05, 0) is 46.7 Å². The molecular weight excluding hydrogens is 392 g/mol. The second kappa shape index (κ2) is 7.16. The number of azo groups is 1. The molecule has 29 heavy (non-hydrogen) atoms. The van der Waals surface area contributed by atoms with Gasteiger partial charge in [-0.2, -0.15) is 18.6 Å². The van der Waals surface area contributed by atoms with Gasteiger partial charge in [-0.1, -0.05) is 30.3 Å². The van der Waals surface area contributed by atoms with Crippen LogP contribution >= 0.6 is 0 Å². The van der Waals surface area contributed by atoms with Crippen molar-refractivity contribution in [3.63, 3.8) is 0 Å². The Labute approximate surface area is 166 Å². The van der Waals surface area contributed by atoms with Gasteiger partial charge in [0.05, 0.1) is 17.1 Å². The van der Waals surface area contributed by atoms with E-state index in [0.29, 0.717) is 23.0 Å². The van der Waals surface area contributed by atoms with Crippen molar-refractivity contribution in [2.24, 2.45) is 10.2 Å². The molecule has 0 aromatic heterocycles. The van der Waals surface area contributed by atoms with Crippen LogP contribution in [0.4, 0.5) is 5.69 Å². The first-order valence-corrected chi connectivity index (χ1v) is 10.1. The minimum atomic E-state index is -4.41. The molecule has 0 aliphatic carbocycles. The molecule has 4 aromatic carbocycles. The Kier molecular flexibility index (Phi) is 4.65. The molecule has 4 rings (SSSR count). The number of phenols is 2. The standard InChI is InChI=1S/C21H16N2O5S/c24-20-3-1-2-14-5-4-13(8-18(14)20)12-22-23-16-7-6-15-9-17(29(26,27)28)11-21(25)19(15)10-16/h1-11,24-25H,12H2,(H,26,27,28). The summed E-state index contributed by atoms with van der Waals surface area (Å²) in [4.78, 5) is -0.378. The Bertz CT molecular complexity index is 1380. The molecule has 146 valence electrons. The molecule has 3 N–H and O–H groups in total. The molecule has 8 heteroatoms. The molecule has 7 nitrogen and oxygen atoms in total. The average Bonchev–Trinajstić information content (AvgIpc) is 2.68. The summed E-state index contributed by atoms with van der Waals surface area (Å²) in [5.74, 6) is -0.0762. The Hall–Kier alpha value is -3.49. The lowest BCUT2D eigenvalue weighted by atomic mass is 10.1. The summed E-state index contributed by atoms with van der Waals surface area (Å²) in [7, 11) is -4.41. The Morgan fingerprint density at radius 2 is 1.55 bits per heavy atom. The molecule has 0 radical (unpaired) electrons. The van der Waals surface area contributed by atoms with Gasteiger partial charge in [0.15, 0.2) is 0 Å². The van der Waals surface area contributed by atoms with E-state index in [-0.39, 0.29) is 16.4 Å². The number of fused-ring (bicyclic) bond motifs is 2. The summed E-state index contributed by atoms with van der Waals surface area (Å²) in [6, 6.07) is 18.0. The second-order valence-corrected chi connectivity index (χ2v) is 7.98. The molecule has 0 fully saturated rings. The van der Waals surface area contributed by atoms with Gasteiger partial charge in [0.1, 0.15) is 11.5 Å². The van der Waals surface area contributed by atoms with Gasteiger partial charge in [0.25, 0.3) is 10.1 Å². The molecule has 4 aromatic rings. The SMILES string of the molecule is O=S(=O)(O)c1cc(O)c2cc(N=NCc3ccc4cccc(O)c4c3)ccc2c1. The van der Waals surface area contributed by atoms with Crippen LogP contribution in [0.3, 0.4) is 0 Å². The van der Waals surface area contributed by atoms with Crippen molar-refractivity contribution in [1.29, 1.82) is 0 Å². The maximum absolute atomic E-state index is 11.3. The Morgan fingerprint density at radius 1 is 0.793 bits per heavy atom. The minimum Gasteiger partial charge on any atom is -0.507 e. The van der Waals surface area contributed by atoms with E-state index in [1.165, 1.54) is 6.07 Å². The van der Waals surface area contributed by atoms with E-state index in [2.05, 4.69) is 10.2 Å². The number of aromatic hydroxyl groups is 2. The molecule has 0 bridgehead atoms. The van der Waals surface area contributed by atoms with E-state index in [1.807, 2.05) is 24.3 Å². The van der Waals surface area contributed by atoms with E-state index >= 15 is 0 Å². The number of phenolic OH excluding ortho intramolecular Hbond substituents is 2. The van der Waals surface area contributed by atoms with Gasteiger partial charge in [0.2, 0.25) is 0 Å². The molecule has 0 unspecified atom stereocenters. The Balaban J connectivity index is 1.60. The van der Waals surface area contributed by atoms with Gasteiger partial charge < -0.3 is 10.2 Å². The van der Waals surface area contributed by atoms with Crippen LogP contribution in [-0.2, 0) is 16.7 Å². The van der Waals surface area contributed by atoms with E-state index in [1.54, 1.807) is 30.3 Å². The van der Waals surface area contributed by atoms with Crippen LogP contribution in [0.1, 0.15) is 5.56 Å². The van der Waals surface area contributed by atoms with Crippen molar-refractivity contribution >= 4 is 37.4 Å². The molecule has 0 saturated heterocycles. The molecule has 0 amide bonds. The smallest absolute Gasteiger partial charge is 0.294 e. The quantitative estimate of drug-likeness (QED) is 0.326. The van der Waals surface area contributed by atoms with Crippen molar-refractivity contribution in [3.05, 3.63) is 72.3 Å². The predicted molar refractivity (Wildman–Crippen MR) is 109 cm³/mol. The lowest BCUT2D eigenvalue weighted by Gasteiger charge is -2.05. The normalized spacial score (nSPS) is 12.2. The van der Waals surface area contributed by atoms with Crippen molar-refractivity contribution < 1.29 is 23.2 Å². The molecule has 0 aliphatic heterocycles. The van der Waals surface area contributed by atoms with E-state index < -0.39 is 10.1 Å². The van der Waals surface area contributed by atoms with Gasteiger partial charge in [0, 0.05) is 16.8 Å². The zero-order valence-corrected chi connectivity index (χ0v) is 15.8. The van der Waals surface area contributed by atoms with E-state index in [4.69, 9.17) is 4.55 Å². The first-order valence-electron chi connectivity index (χ1n) is 8.64.